The molecule has 1 atom stereocenters. The van der Waals surface area contributed by atoms with Crippen molar-refractivity contribution in [2.75, 3.05) is 32.8 Å². The van der Waals surface area contributed by atoms with Crippen LogP contribution in [0, 0.1) is 13.8 Å². The van der Waals surface area contributed by atoms with Crippen molar-refractivity contribution in [3.8, 4) is 0 Å². The zero-order valence-corrected chi connectivity index (χ0v) is 20.3. The molecule has 3 rings (SSSR count). The Morgan fingerprint density at radius 3 is 2.53 bits per heavy atom. The normalized spacial score (nSPS) is 17.6. The van der Waals surface area contributed by atoms with Gasteiger partial charge in [0, 0.05) is 36.7 Å². The van der Waals surface area contributed by atoms with Gasteiger partial charge in [0.05, 0.1) is 18.2 Å². The van der Waals surface area contributed by atoms with Crippen LogP contribution in [0.1, 0.15) is 59.7 Å². The van der Waals surface area contributed by atoms with Gasteiger partial charge in [-0.25, -0.2) is 4.79 Å². The van der Waals surface area contributed by atoms with Gasteiger partial charge < -0.3 is 24.6 Å². The average Bonchev–Trinajstić information content (AvgIpc) is 3.27. The second-order valence-corrected chi connectivity index (χ2v) is 8.15. The fraction of sp³-hybridized carbons (Fsp3) is 0.440. The molecule has 1 aliphatic rings. The molecule has 0 saturated carbocycles. The number of likely N-dealkylation sites (N-methyl/N-ethyl adjacent to an activating group) is 1. The molecule has 1 fully saturated rings. The highest BCUT2D eigenvalue weighted by Crippen LogP contribution is 2.40. The van der Waals surface area contributed by atoms with Crippen LogP contribution < -0.4 is 0 Å². The summed E-state index contributed by atoms with van der Waals surface area (Å²) in [6, 6.07) is 2.72. The molecule has 34 heavy (non-hydrogen) atoms. The van der Waals surface area contributed by atoms with Crippen LogP contribution in [0.15, 0.2) is 30.1 Å². The summed E-state index contributed by atoms with van der Waals surface area (Å²) in [6.07, 6.45) is 3.20. The van der Waals surface area contributed by atoms with Crippen molar-refractivity contribution in [1.82, 2.24) is 19.8 Å². The van der Waals surface area contributed by atoms with Gasteiger partial charge in [-0.05, 0) is 51.1 Å². The van der Waals surface area contributed by atoms with Gasteiger partial charge in [0.1, 0.15) is 11.5 Å². The first-order chi connectivity index (χ1) is 16.3. The van der Waals surface area contributed by atoms with Gasteiger partial charge in [-0.2, -0.15) is 0 Å². The van der Waals surface area contributed by atoms with Crippen LogP contribution in [-0.4, -0.2) is 75.3 Å². The summed E-state index contributed by atoms with van der Waals surface area (Å²) in [5.41, 5.74) is 2.08. The van der Waals surface area contributed by atoms with E-state index in [1.165, 1.54) is 4.90 Å². The number of H-pyrrole nitrogens is 1. The summed E-state index contributed by atoms with van der Waals surface area (Å²) in [7, 11) is 0. The lowest BCUT2D eigenvalue weighted by molar-refractivity contribution is -0.140. The van der Waals surface area contributed by atoms with E-state index >= 15 is 0 Å². The number of ether oxygens (including phenoxy) is 1. The molecular formula is C25H32N4O5. The average molecular weight is 469 g/mol. The molecule has 3 heterocycles. The Labute approximate surface area is 199 Å². The maximum Gasteiger partial charge on any atom is 0.355 e. The Morgan fingerprint density at radius 1 is 1.24 bits per heavy atom. The highest BCUT2D eigenvalue weighted by atomic mass is 16.5. The fourth-order valence-corrected chi connectivity index (χ4v) is 4.43. The summed E-state index contributed by atoms with van der Waals surface area (Å²) in [6.45, 7) is 11.9. The number of pyridine rings is 1. The van der Waals surface area contributed by atoms with Gasteiger partial charge in [0.25, 0.3) is 11.7 Å². The van der Waals surface area contributed by atoms with E-state index in [1.807, 2.05) is 13.8 Å². The first-order valence-electron chi connectivity index (χ1n) is 11.5. The van der Waals surface area contributed by atoms with Crippen molar-refractivity contribution in [1.29, 1.82) is 0 Å². The first kappa shape index (κ1) is 25.2. The summed E-state index contributed by atoms with van der Waals surface area (Å²) >= 11 is 0. The van der Waals surface area contributed by atoms with Crippen LogP contribution in [0.3, 0.4) is 0 Å². The highest BCUT2D eigenvalue weighted by molar-refractivity contribution is 6.46. The van der Waals surface area contributed by atoms with Crippen LogP contribution >= 0.6 is 0 Å². The van der Waals surface area contributed by atoms with E-state index in [0.29, 0.717) is 35.5 Å². The molecule has 2 N–H and O–H groups in total. The molecule has 1 amide bonds. The molecule has 9 nitrogen and oxygen atoms in total. The monoisotopic (exact) mass is 468 g/mol. The first-order valence-corrected chi connectivity index (χ1v) is 11.5. The molecule has 1 unspecified atom stereocenters. The van der Waals surface area contributed by atoms with Gasteiger partial charge >= 0.3 is 5.97 Å². The van der Waals surface area contributed by atoms with Crippen LogP contribution in [0.25, 0.3) is 5.76 Å². The van der Waals surface area contributed by atoms with E-state index in [4.69, 9.17) is 4.74 Å². The molecule has 0 spiro atoms. The van der Waals surface area contributed by atoms with Crippen molar-refractivity contribution in [3.63, 3.8) is 0 Å². The second-order valence-electron chi connectivity index (χ2n) is 8.15. The molecule has 0 radical (unpaired) electrons. The number of hydrogen-bond donors (Lipinski definition) is 2. The number of aliphatic hydroxyl groups excluding tert-OH is 1. The van der Waals surface area contributed by atoms with Gasteiger partial charge in [-0.3, -0.25) is 14.6 Å². The van der Waals surface area contributed by atoms with Gasteiger partial charge in [0.15, 0.2) is 0 Å². The largest absolute Gasteiger partial charge is 0.507 e. The van der Waals surface area contributed by atoms with Crippen LogP contribution in [-0.2, 0) is 14.3 Å². The Balaban J connectivity index is 2.14. The molecule has 1 aliphatic heterocycles. The number of rotatable bonds is 9. The molecule has 0 bridgehead atoms. The number of carbonyl (C=O) groups is 3. The molecule has 2 aromatic heterocycles. The number of aryl methyl sites for hydroxylation is 1. The molecule has 2 aromatic rings. The number of ketones is 1. The maximum atomic E-state index is 13.2. The van der Waals surface area contributed by atoms with Gasteiger partial charge in [-0.15, -0.1) is 0 Å². The third kappa shape index (κ3) is 4.61. The Bertz CT molecular complexity index is 1100. The van der Waals surface area contributed by atoms with Crippen LogP contribution in [0.5, 0.6) is 0 Å². The second kappa shape index (κ2) is 10.6. The highest BCUT2D eigenvalue weighted by Gasteiger charge is 2.46. The third-order valence-corrected chi connectivity index (χ3v) is 6.25. The Morgan fingerprint density at radius 2 is 1.94 bits per heavy atom. The fourth-order valence-electron chi connectivity index (χ4n) is 4.43. The third-order valence-electron chi connectivity index (χ3n) is 6.25. The van der Waals surface area contributed by atoms with E-state index in [9.17, 15) is 19.5 Å². The lowest BCUT2D eigenvalue weighted by Crippen LogP contribution is -2.38. The zero-order valence-electron chi connectivity index (χ0n) is 20.3. The maximum absolute atomic E-state index is 13.2. The summed E-state index contributed by atoms with van der Waals surface area (Å²) < 4.78 is 5.09. The number of aromatic nitrogens is 2. The predicted octanol–water partition coefficient (Wildman–Crippen LogP) is 2.97. The molecule has 1 saturated heterocycles. The minimum Gasteiger partial charge on any atom is -0.507 e. The number of nitrogens with one attached hydrogen (secondary N) is 1. The molecular weight excluding hydrogens is 436 g/mol. The standard InChI is InChI=1S/C25H32N4O5/c1-6-28(7-2)12-13-29-21(17-10-9-11-26-14-17)19(23(31)24(29)32)22(30)18-15(4)20(27-16(18)5)25(33)34-8-3/h9-11,14,21,27,30H,6-8,12-13H2,1-5H3. The molecule has 0 aromatic carbocycles. The van der Waals surface area contributed by atoms with E-state index in [2.05, 4.69) is 14.9 Å². The topological polar surface area (TPSA) is 116 Å². The lowest BCUT2D eigenvalue weighted by atomic mass is 9.95. The number of carbonyl (C=O) groups excluding carboxylic acids is 3. The number of amides is 1. The van der Waals surface area contributed by atoms with Gasteiger partial charge in [-0.1, -0.05) is 19.9 Å². The minimum absolute atomic E-state index is 0.0156. The van der Waals surface area contributed by atoms with E-state index < -0.39 is 23.7 Å². The van der Waals surface area contributed by atoms with Crippen LogP contribution in [0.4, 0.5) is 0 Å². The smallest absolute Gasteiger partial charge is 0.355 e. The minimum atomic E-state index is -0.788. The number of aromatic amines is 1. The van der Waals surface area contributed by atoms with Crippen molar-refractivity contribution in [2.24, 2.45) is 0 Å². The van der Waals surface area contributed by atoms with Crippen molar-refractivity contribution < 1.29 is 24.2 Å². The molecule has 0 aliphatic carbocycles. The number of aliphatic hydroxyl groups is 1. The van der Waals surface area contributed by atoms with E-state index in [1.54, 1.807) is 45.3 Å². The van der Waals surface area contributed by atoms with E-state index in [0.717, 1.165) is 13.1 Å². The Kier molecular flexibility index (Phi) is 7.88. The van der Waals surface area contributed by atoms with Crippen molar-refractivity contribution in [3.05, 3.63) is 58.2 Å². The molecule has 182 valence electrons. The SMILES string of the molecule is CCOC(=O)c1[nH]c(C)c(C(O)=C2C(=O)C(=O)N(CCN(CC)CC)C2c2cccnc2)c1C. The Hall–Kier alpha value is -3.46. The predicted molar refractivity (Wildman–Crippen MR) is 127 cm³/mol. The number of Topliss-reactive ketones (excluding diaryl/α,β-unsaturated/α-hetero) is 1. The summed E-state index contributed by atoms with van der Waals surface area (Å²) in [5.74, 6) is -2.30. The van der Waals surface area contributed by atoms with E-state index in [-0.39, 0.29) is 23.6 Å². The van der Waals surface area contributed by atoms with Crippen molar-refractivity contribution in [2.45, 2.75) is 40.7 Å². The zero-order chi connectivity index (χ0) is 25.0. The summed E-state index contributed by atoms with van der Waals surface area (Å²) in [5, 5.41) is 11.4. The number of esters is 1. The van der Waals surface area contributed by atoms with Crippen LogP contribution in [0.2, 0.25) is 0 Å². The summed E-state index contributed by atoms with van der Waals surface area (Å²) in [4.78, 5) is 49.4. The number of hydrogen-bond acceptors (Lipinski definition) is 7. The molecule has 9 heteroatoms. The lowest BCUT2D eigenvalue weighted by Gasteiger charge is -2.28. The van der Waals surface area contributed by atoms with Crippen molar-refractivity contribution >= 4 is 23.4 Å². The quantitative estimate of drug-likeness (QED) is 0.252. The number of likely N-dealkylation sites (tertiary alicyclic amines) is 1. The van der Waals surface area contributed by atoms with Gasteiger partial charge in [0.2, 0.25) is 0 Å². The number of nitrogens with zero attached hydrogens (tertiary/aromatic N) is 3.